The van der Waals surface area contributed by atoms with Crippen LogP contribution in [0.1, 0.15) is 18.5 Å². The second kappa shape index (κ2) is 6.75. The third kappa shape index (κ3) is 3.07. The van der Waals surface area contributed by atoms with Crippen LogP contribution in [0.2, 0.25) is 0 Å². The molecule has 0 saturated heterocycles. The largest absolute Gasteiger partial charge is 0.383 e. The Hall–Kier alpha value is -2.17. The van der Waals surface area contributed by atoms with Gasteiger partial charge in [-0.1, -0.05) is 36.4 Å². The molecule has 1 atom stereocenters. The van der Waals surface area contributed by atoms with Gasteiger partial charge in [-0.3, -0.25) is 0 Å². The molecule has 1 unspecified atom stereocenters. The zero-order valence-electron chi connectivity index (χ0n) is 14.0. The van der Waals surface area contributed by atoms with Crippen molar-refractivity contribution in [3.8, 4) is 11.3 Å². The Morgan fingerprint density at radius 2 is 1.96 bits per heavy atom. The number of imidazole rings is 1. The van der Waals surface area contributed by atoms with E-state index >= 15 is 0 Å². The van der Waals surface area contributed by atoms with Gasteiger partial charge >= 0.3 is 0 Å². The number of fused-ring (bicyclic) bond motifs is 1. The molecule has 4 rings (SSSR count). The summed E-state index contributed by atoms with van der Waals surface area (Å²) >= 11 is 0. The van der Waals surface area contributed by atoms with Crippen molar-refractivity contribution in [1.82, 2.24) is 14.7 Å². The lowest BCUT2D eigenvalue weighted by molar-refractivity contribution is 0.157. The molecule has 24 heavy (non-hydrogen) atoms. The van der Waals surface area contributed by atoms with Gasteiger partial charge in [0.2, 0.25) is 0 Å². The van der Waals surface area contributed by atoms with Gasteiger partial charge in [-0.2, -0.15) is 0 Å². The molecule has 1 aromatic carbocycles. The molecule has 0 spiro atoms. The summed E-state index contributed by atoms with van der Waals surface area (Å²) in [5.41, 5.74) is 4.41. The average Bonchev–Trinajstić information content (AvgIpc) is 3.40. The van der Waals surface area contributed by atoms with Crippen LogP contribution in [-0.4, -0.2) is 29.1 Å². The van der Waals surface area contributed by atoms with Gasteiger partial charge in [0.05, 0.1) is 18.0 Å². The van der Waals surface area contributed by atoms with E-state index < -0.39 is 0 Å². The molecular weight excluding hydrogens is 298 g/mol. The normalized spacial score (nSPS) is 15.7. The molecule has 1 aliphatic carbocycles. The quantitative estimate of drug-likeness (QED) is 0.724. The van der Waals surface area contributed by atoms with Gasteiger partial charge < -0.3 is 14.5 Å². The lowest BCUT2D eigenvalue weighted by atomic mass is 10.1. The maximum atomic E-state index is 5.39. The van der Waals surface area contributed by atoms with Gasteiger partial charge in [-0.05, 0) is 30.9 Å². The first-order valence-electron chi connectivity index (χ1n) is 8.60. The summed E-state index contributed by atoms with van der Waals surface area (Å²) in [6.07, 6.45) is 4.70. The summed E-state index contributed by atoms with van der Waals surface area (Å²) in [6.45, 7) is 1.56. The minimum absolute atomic E-state index is 0.424. The number of methoxy groups -OCH3 is 1. The average molecular weight is 321 g/mol. The lowest BCUT2D eigenvalue weighted by Crippen LogP contribution is -2.35. The third-order valence-corrected chi connectivity index (χ3v) is 4.75. The monoisotopic (exact) mass is 321 g/mol. The zero-order valence-corrected chi connectivity index (χ0v) is 14.0. The summed E-state index contributed by atoms with van der Waals surface area (Å²) < 4.78 is 7.58. The minimum Gasteiger partial charge on any atom is -0.383 e. The Morgan fingerprint density at radius 3 is 2.71 bits per heavy atom. The SMILES string of the molecule is COCC(NCc1c(-c2ccccc2)nc2ccccn12)C1CC1. The highest BCUT2D eigenvalue weighted by Crippen LogP contribution is 2.33. The van der Waals surface area contributed by atoms with Crippen molar-refractivity contribution in [3.63, 3.8) is 0 Å². The Morgan fingerprint density at radius 1 is 1.17 bits per heavy atom. The van der Waals surface area contributed by atoms with Gasteiger partial charge in [0.25, 0.3) is 0 Å². The molecule has 4 nitrogen and oxygen atoms in total. The van der Waals surface area contributed by atoms with Crippen LogP contribution in [0.3, 0.4) is 0 Å². The molecule has 0 radical (unpaired) electrons. The van der Waals surface area contributed by atoms with Crippen molar-refractivity contribution in [2.75, 3.05) is 13.7 Å². The predicted molar refractivity (Wildman–Crippen MR) is 95.9 cm³/mol. The molecule has 124 valence electrons. The molecule has 0 aliphatic heterocycles. The minimum atomic E-state index is 0.424. The van der Waals surface area contributed by atoms with E-state index in [4.69, 9.17) is 9.72 Å². The number of nitrogens with one attached hydrogen (secondary N) is 1. The van der Waals surface area contributed by atoms with E-state index in [1.807, 2.05) is 12.1 Å². The number of nitrogens with zero attached hydrogens (tertiary/aromatic N) is 2. The standard InChI is InChI=1S/C20H23N3O/c1-24-14-17(15-10-11-15)21-13-18-20(16-7-3-2-4-8-16)22-19-9-5-6-12-23(18)19/h2-9,12,15,17,21H,10-11,13-14H2,1H3. The van der Waals surface area contributed by atoms with E-state index in [2.05, 4.69) is 52.3 Å². The summed E-state index contributed by atoms with van der Waals surface area (Å²) in [6, 6.07) is 17.0. The maximum Gasteiger partial charge on any atom is 0.137 e. The van der Waals surface area contributed by atoms with E-state index in [0.717, 1.165) is 36.0 Å². The number of aromatic nitrogens is 2. The molecule has 0 amide bonds. The van der Waals surface area contributed by atoms with E-state index in [1.54, 1.807) is 7.11 Å². The van der Waals surface area contributed by atoms with Crippen LogP contribution in [0, 0.1) is 5.92 Å². The highest BCUT2D eigenvalue weighted by Gasteiger charge is 2.31. The topological polar surface area (TPSA) is 38.6 Å². The molecule has 4 heteroatoms. The van der Waals surface area contributed by atoms with Crippen molar-refractivity contribution in [1.29, 1.82) is 0 Å². The van der Waals surface area contributed by atoms with Crippen LogP contribution in [0.5, 0.6) is 0 Å². The molecule has 2 heterocycles. The summed E-state index contributed by atoms with van der Waals surface area (Å²) in [7, 11) is 1.78. The first-order valence-corrected chi connectivity index (χ1v) is 8.60. The Labute approximate surface area is 142 Å². The zero-order chi connectivity index (χ0) is 16.4. The molecule has 1 N–H and O–H groups in total. The number of ether oxygens (including phenoxy) is 1. The highest BCUT2D eigenvalue weighted by atomic mass is 16.5. The number of benzene rings is 1. The first-order chi connectivity index (χ1) is 11.9. The fraction of sp³-hybridized carbons (Fsp3) is 0.350. The third-order valence-electron chi connectivity index (χ3n) is 4.75. The van der Waals surface area contributed by atoms with Crippen LogP contribution < -0.4 is 5.32 Å². The van der Waals surface area contributed by atoms with E-state index in [-0.39, 0.29) is 0 Å². The van der Waals surface area contributed by atoms with Crippen LogP contribution in [-0.2, 0) is 11.3 Å². The smallest absolute Gasteiger partial charge is 0.137 e. The van der Waals surface area contributed by atoms with Gasteiger partial charge in [0.1, 0.15) is 5.65 Å². The van der Waals surface area contributed by atoms with Gasteiger partial charge in [-0.15, -0.1) is 0 Å². The van der Waals surface area contributed by atoms with E-state index in [9.17, 15) is 0 Å². The fourth-order valence-electron chi connectivity index (χ4n) is 3.31. The number of rotatable bonds is 7. The molecule has 2 aromatic heterocycles. The summed E-state index contributed by atoms with van der Waals surface area (Å²) in [5.74, 6) is 0.754. The molecule has 3 aromatic rings. The van der Waals surface area contributed by atoms with Crippen molar-refractivity contribution in [2.24, 2.45) is 5.92 Å². The lowest BCUT2D eigenvalue weighted by Gasteiger charge is -2.17. The van der Waals surface area contributed by atoms with E-state index in [0.29, 0.717) is 6.04 Å². The second-order valence-corrected chi connectivity index (χ2v) is 6.48. The van der Waals surface area contributed by atoms with Crippen LogP contribution in [0.15, 0.2) is 54.7 Å². The molecule has 1 fully saturated rings. The second-order valence-electron chi connectivity index (χ2n) is 6.48. The van der Waals surface area contributed by atoms with Crippen LogP contribution >= 0.6 is 0 Å². The van der Waals surface area contributed by atoms with Crippen LogP contribution in [0.25, 0.3) is 16.9 Å². The maximum absolute atomic E-state index is 5.39. The molecule has 1 saturated carbocycles. The highest BCUT2D eigenvalue weighted by molar-refractivity contribution is 5.66. The fourth-order valence-corrected chi connectivity index (χ4v) is 3.31. The molecule has 1 aliphatic rings. The summed E-state index contributed by atoms with van der Waals surface area (Å²) in [5, 5.41) is 3.70. The summed E-state index contributed by atoms with van der Waals surface area (Å²) in [4.78, 5) is 4.86. The van der Waals surface area contributed by atoms with Crippen LogP contribution in [0.4, 0.5) is 0 Å². The van der Waals surface area contributed by atoms with Crippen molar-refractivity contribution >= 4 is 5.65 Å². The van der Waals surface area contributed by atoms with Crippen molar-refractivity contribution in [3.05, 3.63) is 60.4 Å². The van der Waals surface area contributed by atoms with Gasteiger partial charge in [-0.25, -0.2) is 4.98 Å². The predicted octanol–water partition coefficient (Wildman–Crippen LogP) is 3.52. The first kappa shape index (κ1) is 15.4. The molecular formula is C20H23N3O. The Balaban J connectivity index is 1.67. The van der Waals surface area contributed by atoms with Gasteiger partial charge in [0.15, 0.2) is 0 Å². The Bertz CT molecular complexity index is 808. The van der Waals surface area contributed by atoms with Crippen molar-refractivity contribution in [2.45, 2.75) is 25.4 Å². The number of hydrogen-bond acceptors (Lipinski definition) is 3. The van der Waals surface area contributed by atoms with Crippen molar-refractivity contribution < 1.29 is 4.74 Å². The van der Waals surface area contributed by atoms with Gasteiger partial charge in [0, 0.05) is 31.5 Å². The number of pyridine rings is 1. The molecule has 0 bridgehead atoms. The Kier molecular flexibility index (Phi) is 4.32. The van der Waals surface area contributed by atoms with E-state index in [1.165, 1.54) is 18.5 Å². The number of hydrogen-bond donors (Lipinski definition) is 1.